The number of methoxy groups -OCH3 is 3. The molecule has 0 saturated heterocycles. The van der Waals surface area contributed by atoms with Gasteiger partial charge in [0.1, 0.15) is 24.7 Å². The molecule has 10 nitrogen and oxygen atoms in total. The van der Waals surface area contributed by atoms with E-state index in [0.717, 1.165) is 5.75 Å². The molecular weight excluding hydrogens is 498 g/mol. The van der Waals surface area contributed by atoms with Gasteiger partial charge in [0, 0.05) is 11.1 Å². The van der Waals surface area contributed by atoms with Crippen molar-refractivity contribution >= 4 is 29.1 Å². The van der Waals surface area contributed by atoms with E-state index in [1.165, 1.54) is 33.5 Å². The maximum atomic E-state index is 12.6. The van der Waals surface area contributed by atoms with Gasteiger partial charge in [-0.05, 0) is 54.7 Å². The maximum Gasteiger partial charge on any atom is 0.269 e. The summed E-state index contributed by atoms with van der Waals surface area (Å²) in [6.45, 7) is 0.646. The highest BCUT2D eigenvalue weighted by Gasteiger charge is 2.17. The molecule has 0 atom stereocenters. The summed E-state index contributed by atoms with van der Waals surface area (Å²) in [5.74, 6) is 1.21. The SMILES string of the molecule is COc1cc(C(=O)NNC(=S)NC(=O)c2cccc(OCCOc3ccccc3)c2)cc(OC)c1OC. The smallest absolute Gasteiger partial charge is 0.269 e. The van der Waals surface area contributed by atoms with E-state index in [2.05, 4.69) is 16.2 Å². The van der Waals surface area contributed by atoms with E-state index in [0.29, 0.717) is 41.8 Å². The van der Waals surface area contributed by atoms with Crippen molar-refractivity contribution in [1.29, 1.82) is 0 Å². The van der Waals surface area contributed by atoms with Gasteiger partial charge in [-0.3, -0.25) is 25.8 Å². The molecule has 3 aromatic carbocycles. The Kier molecular flexibility index (Phi) is 9.91. The van der Waals surface area contributed by atoms with Crippen LogP contribution in [0.3, 0.4) is 0 Å². The number of ether oxygens (including phenoxy) is 5. The number of hydrogen-bond donors (Lipinski definition) is 3. The summed E-state index contributed by atoms with van der Waals surface area (Å²) in [6.07, 6.45) is 0. The second-order valence-corrected chi connectivity index (χ2v) is 7.72. The van der Waals surface area contributed by atoms with Crippen LogP contribution in [0, 0.1) is 0 Å². The van der Waals surface area contributed by atoms with Crippen LogP contribution in [0.25, 0.3) is 0 Å². The van der Waals surface area contributed by atoms with Gasteiger partial charge in [-0.1, -0.05) is 24.3 Å². The predicted molar refractivity (Wildman–Crippen MR) is 141 cm³/mol. The molecule has 0 radical (unpaired) electrons. The summed E-state index contributed by atoms with van der Waals surface area (Å²) >= 11 is 5.13. The van der Waals surface area contributed by atoms with Gasteiger partial charge in [-0.2, -0.15) is 0 Å². The molecule has 0 spiro atoms. The van der Waals surface area contributed by atoms with Crippen LogP contribution in [0.4, 0.5) is 0 Å². The van der Waals surface area contributed by atoms with Crippen molar-refractivity contribution in [2.24, 2.45) is 0 Å². The van der Waals surface area contributed by atoms with E-state index < -0.39 is 11.8 Å². The van der Waals surface area contributed by atoms with Crippen LogP contribution in [-0.4, -0.2) is 51.5 Å². The van der Waals surface area contributed by atoms with Gasteiger partial charge in [0.25, 0.3) is 11.8 Å². The van der Waals surface area contributed by atoms with Gasteiger partial charge < -0.3 is 23.7 Å². The van der Waals surface area contributed by atoms with E-state index in [4.69, 9.17) is 35.9 Å². The molecule has 0 aliphatic carbocycles. The van der Waals surface area contributed by atoms with Crippen molar-refractivity contribution in [2.45, 2.75) is 0 Å². The highest BCUT2D eigenvalue weighted by molar-refractivity contribution is 7.80. The largest absolute Gasteiger partial charge is 0.493 e. The number of carbonyl (C=O) groups excluding carboxylic acids is 2. The molecule has 0 aliphatic heterocycles. The minimum absolute atomic E-state index is 0.103. The number of nitrogens with one attached hydrogen (secondary N) is 3. The van der Waals surface area contributed by atoms with E-state index in [1.807, 2.05) is 30.3 Å². The molecule has 3 rings (SSSR count). The molecule has 0 aliphatic rings. The van der Waals surface area contributed by atoms with Crippen LogP contribution < -0.4 is 39.9 Å². The standard InChI is InChI=1S/C26H27N3O7S/c1-32-21-15-18(16-22(33-2)23(21)34-3)25(31)28-29-26(37)27-24(30)17-8-7-11-20(14-17)36-13-12-35-19-9-5-4-6-10-19/h4-11,14-16H,12-13H2,1-3H3,(H,28,31)(H2,27,29,30,37). The number of carbonyl (C=O) groups is 2. The van der Waals surface area contributed by atoms with Crippen molar-refractivity contribution in [3.05, 3.63) is 77.9 Å². The molecule has 0 fully saturated rings. The van der Waals surface area contributed by atoms with Crippen molar-refractivity contribution in [3.8, 4) is 28.7 Å². The molecule has 3 aromatic rings. The second-order valence-electron chi connectivity index (χ2n) is 7.31. The quantitative estimate of drug-likeness (QED) is 0.209. The third-order valence-electron chi connectivity index (χ3n) is 4.90. The highest BCUT2D eigenvalue weighted by Crippen LogP contribution is 2.38. The molecule has 0 heterocycles. The average molecular weight is 526 g/mol. The molecule has 194 valence electrons. The Labute approximate surface area is 219 Å². The van der Waals surface area contributed by atoms with Gasteiger partial charge in [-0.25, -0.2) is 0 Å². The van der Waals surface area contributed by atoms with Gasteiger partial charge in [0.2, 0.25) is 5.75 Å². The molecule has 0 unspecified atom stereocenters. The highest BCUT2D eigenvalue weighted by atomic mass is 32.1. The summed E-state index contributed by atoms with van der Waals surface area (Å²) in [5, 5.41) is 2.40. The average Bonchev–Trinajstić information content (AvgIpc) is 2.93. The zero-order valence-electron chi connectivity index (χ0n) is 20.5. The summed E-state index contributed by atoms with van der Waals surface area (Å²) in [6, 6.07) is 19.0. The fourth-order valence-electron chi connectivity index (χ4n) is 3.17. The Hall–Kier alpha value is -4.51. The first kappa shape index (κ1) is 27.1. The number of benzene rings is 3. The predicted octanol–water partition coefficient (Wildman–Crippen LogP) is 3.12. The molecule has 0 bridgehead atoms. The van der Waals surface area contributed by atoms with Gasteiger partial charge >= 0.3 is 0 Å². The van der Waals surface area contributed by atoms with Crippen LogP contribution in [-0.2, 0) is 0 Å². The monoisotopic (exact) mass is 525 g/mol. The molecule has 0 aromatic heterocycles. The second kappa shape index (κ2) is 13.5. The van der Waals surface area contributed by atoms with Crippen LogP contribution in [0.1, 0.15) is 20.7 Å². The van der Waals surface area contributed by atoms with Crippen LogP contribution >= 0.6 is 12.2 Å². The molecule has 2 amide bonds. The lowest BCUT2D eigenvalue weighted by atomic mass is 10.1. The first-order chi connectivity index (χ1) is 17.9. The van der Waals surface area contributed by atoms with E-state index >= 15 is 0 Å². The molecule has 0 saturated carbocycles. The van der Waals surface area contributed by atoms with Crippen LogP contribution in [0.5, 0.6) is 28.7 Å². The van der Waals surface area contributed by atoms with E-state index in [9.17, 15) is 9.59 Å². The Morgan fingerprint density at radius 2 is 1.32 bits per heavy atom. The number of thiocarbonyl (C=S) groups is 1. The fourth-order valence-corrected chi connectivity index (χ4v) is 3.31. The van der Waals surface area contributed by atoms with Gasteiger partial charge in [0.15, 0.2) is 16.6 Å². The Bertz CT molecular complexity index is 1210. The number of amides is 2. The number of hydrazine groups is 1. The van der Waals surface area contributed by atoms with Gasteiger partial charge in [0.05, 0.1) is 21.3 Å². The van der Waals surface area contributed by atoms with Crippen molar-refractivity contribution in [3.63, 3.8) is 0 Å². The summed E-state index contributed by atoms with van der Waals surface area (Å²) in [7, 11) is 4.35. The van der Waals surface area contributed by atoms with Crippen LogP contribution in [0.2, 0.25) is 0 Å². The summed E-state index contributed by atoms with van der Waals surface area (Å²) < 4.78 is 27.0. The molecular formula is C26H27N3O7S. The zero-order chi connectivity index (χ0) is 26.6. The minimum atomic E-state index is -0.538. The summed E-state index contributed by atoms with van der Waals surface area (Å²) in [4.78, 5) is 25.2. The molecule has 3 N–H and O–H groups in total. The first-order valence-electron chi connectivity index (χ1n) is 11.1. The molecule has 37 heavy (non-hydrogen) atoms. The van der Waals surface area contributed by atoms with Crippen molar-refractivity contribution < 1.29 is 33.3 Å². The number of hydrogen-bond acceptors (Lipinski definition) is 8. The Morgan fingerprint density at radius 3 is 1.95 bits per heavy atom. The first-order valence-corrected chi connectivity index (χ1v) is 11.5. The summed E-state index contributed by atoms with van der Waals surface area (Å²) in [5.41, 5.74) is 5.46. The Balaban J connectivity index is 1.50. The topological polar surface area (TPSA) is 116 Å². The van der Waals surface area contributed by atoms with Crippen molar-refractivity contribution in [1.82, 2.24) is 16.2 Å². The van der Waals surface area contributed by atoms with Gasteiger partial charge in [-0.15, -0.1) is 0 Å². The lowest BCUT2D eigenvalue weighted by Crippen LogP contribution is -2.48. The molecule has 11 heteroatoms. The van der Waals surface area contributed by atoms with Crippen molar-refractivity contribution in [2.75, 3.05) is 34.5 Å². The third-order valence-corrected chi connectivity index (χ3v) is 5.11. The number of para-hydroxylation sites is 1. The number of rotatable bonds is 10. The fraction of sp³-hybridized carbons (Fsp3) is 0.192. The Morgan fingerprint density at radius 1 is 0.703 bits per heavy atom. The normalized spacial score (nSPS) is 10.0. The van der Waals surface area contributed by atoms with E-state index in [1.54, 1.807) is 24.3 Å². The minimum Gasteiger partial charge on any atom is -0.493 e. The van der Waals surface area contributed by atoms with E-state index in [-0.39, 0.29) is 10.7 Å². The van der Waals surface area contributed by atoms with Crippen LogP contribution in [0.15, 0.2) is 66.7 Å². The lowest BCUT2D eigenvalue weighted by molar-refractivity contribution is 0.0934. The third kappa shape index (κ3) is 7.74. The maximum absolute atomic E-state index is 12.6. The lowest BCUT2D eigenvalue weighted by Gasteiger charge is -2.15. The zero-order valence-corrected chi connectivity index (χ0v) is 21.3.